The molecule has 142 valence electrons. The van der Waals surface area contributed by atoms with Crippen LogP contribution in [0.15, 0.2) is 42.5 Å². The van der Waals surface area contributed by atoms with Gasteiger partial charge in [-0.3, -0.25) is 9.69 Å². The van der Waals surface area contributed by atoms with Gasteiger partial charge in [-0.1, -0.05) is 44.2 Å². The van der Waals surface area contributed by atoms with Gasteiger partial charge in [-0.15, -0.1) is 11.3 Å². The van der Waals surface area contributed by atoms with Crippen molar-refractivity contribution >= 4 is 33.1 Å². The maximum Gasteiger partial charge on any atom is 0.238 e. The van der Waals surface area contributed by atoms with Crippen molar-refractivity contribution in [1.29, 1.82) is 0 Å². The Kier molecular flexibility index (Phi) is 6.24. The van der Waals surface area contributed by atoms with Crippen LogP contribution in [0.3, 0.4) is 0 Å². The molecule has 1 heterocycles. The van der Waals surface area contributed by atoms with Gasteiger partial charge in [0, 0.05) is 5.69 Å². The minimum Gasteiger partial charge on any atom is -0.324 e. The summed E-state index contributed by atoms with van der Waals surface area (Å²) >= 11 is 1.69. The molecule has 0 saturated heterocycles. The Morgan fingerprint density at radius 3 is 2.41 bits per heavy atom. The van der Waals surface area contributed by atoms with Crippen LogP contribution in [-0.2, 0) is 17.6 Å². The fourth-order valence-electron chi connectivity index (χ4n) is 3.20. The Bertz CT molecular complexity index is 879. The summed E-state index contributed by atoms with van der Waals surface area (Å²) in [6.45, 7) is 6.66. The molecule has 0 fully saturated rings. The molecule has 0 bridgehead atoms. The molecule has 2 aromatic carbocycles. The van der Waals surface area contributed by atoms with E-state index in [4.69, 9.17) is 4.98 Å². The van der Waals surface area contributed by atoms with Crippen LogP contribution in [0.25, 0.3) is 10.2 Å². The third kappa shape index (κ3) is 4.37. The number of hydrogen-bond donors (Lipinski definition) is 1. The average molecular weight is 382 g/mol. The normalized spacial score (nSPS) is 12.5. The molecule has 0 unspecified atom stereocenters. The first-order valence-electron chi connectivity index (χ1n) is 9.49. The molecular formula is C22H27N3OS. The lowest BCUT2D eigenvalue weighted by molar-refractivity contribution is -0.117. The van der Waals surface area contributed by atoms with E-state index in [9.17, 15) is 4.79 Å². The molecule has 0 aliphatic carbocycles. The zero-order valence-electron chi connectivity index (χ0n) is 16.5. The Balaban J connectivity index is 1.70. The first kappa shape index (κ1) is 19.5. The number of carbonyl (C=O) groups excluding carboxylic acids is 1. The number of para-hydroxylation sites is 2. The number of hydrogen-bond acceptors (Lipinski definition) is 4. The summed E-state index contributed by atoms with van der Waals surface area (Å²) in [5, 5.41) is 4.18. The lowest BCUT2D eigenvalue weighted by Gasteiger charge is -2.23. The average Bonchev–Trinajstić information content (AvgIpc) is 3.11. The Hall–Kier alpha value is -2.24. The third-order valence-electron chi connectivity index (χ3n) is 4.99. The largest absolute Gasteiger partial charge is 0.324 e. The summed E-state index contributed by atoms with van der Waals surface area (Å²) in [6.07, 6.45) is 1.81. The Morgan fingerprint density at radius 1 is 1.11 bits per heavy atom. The van der Waals surface area contributed by atoms with Crippen LogP contribution in [0.1, 0.15) is 42.9 Å². The minimum absolute atomic E-state index is 0.0149. The highest BCUT2D eigenvalue weighted by Gasteiger charge is 2.19. The number of nitrogens with zero attached hydrogens (tertiary/aromatic N) is 2. The van der Waals surface area contributed by atoms with Crippen molar-refractivity contribution in [3.8, 4) is 0 Å². The molecule has 1 atom stereocenters. The monoisotopic (exact) mass is 381 g/mol. The molecule has 3 rings (SSSR count). The van der Waals surface area contributed by atoms with Gasteiger partial charge in [0.05, 0.1) is 22.8 Å². The van der Waals surface area contributed by atoms with Crippen LogP contribution >= 0.6 is 11.3 Å². The van der Waals surface area contributed by atoms with Crippen LogP contribution in [0.2, 0.25) is 0 Å². The lowest BCUT2D eigenvalue weighted by atomic mass is 10.0. The van der Waals surface area contributed by atoms with Crippen molar-refractivity contribution in [1.82, 2.24) is 9.88 Å². The van der Waals surface area contributed by atoms with Crippen LogP contribution in [0.4, 0.5) is 5.69 Å². The molecule has 27 heavy (non-hydrogen) atoms. The Morgan fingerprint density at radius 2 is 1.78 bits per heavy atom. The van der Waals surface area contributed by atoms with Gasteiger partial charge in [-0.05, 0) is 50.1 Å². The predicted molar refractivity (Wildman–Crippen MR) is 114 cm³/mol. The van der Waals surface area contributed by atoms with Crippen molar-refractivity contribution in [2.45, 2.75) is 39.7 Å². The summed E-state index contributed by atoms with van der Waals surface area (Å²) in [6, 6.07) is 14.5. The second-order valence-electron chi connectivity index (χ2n) is 6.82. The predicted octanol–water partition coefficient (Wildman–Crippen LogP) is 5.05. The van der Waals surface area contributed by atoms with Gasteiger partial charge in [0.25, 0.3) is 0 Å². The molecule has 0 spiro atoms. The zero-order valence-corrected chi connectivity index (χ0v) is 17.3. The highest BCUT2D eigenvalue weighted by molar-refractivity contribution is 7.18. The van der Waals surface area contributed by atoms with E-state index in [-0.39, 0.29) is 11.9 Å². The maximum atomic E-state index is 12.7. The standard InChI is InChI=1S/C22H27N3OS/c1-5-16-10-9-11-17(6-2)21(16)24-20(26)14-25(4)15(3)22-23-18-12-7-8-13-19(18)27-22/h7-13,15H,5-6,14H2,1-4H3,(H,24,26)/t15-/m0/s1. The van der Waals surface area contributed by atoms with Gasteiger partial charge in [-0.25, -0.2) is 4.98 Å². The number of carbonyl (C=O) groups is 1. The summed E-state index contributed by atoms with van der Waals surface area (Å²) in [5.74, 6) is 0.0149. The summed E-state index contributed by atoms with van der Waals surface area (Å²) in [4.78, 5) is 19.5. The number of nitrogens with one attached hydrogen (secondary N) is 1. The van der Waals surface area contributed by atoms with Crippen molar-refractivity contribution in [3.05, 3.63) is 58.6 Å². The van der Waals surface area contributed by atoms with Crippen molar-refractivity contribution in [2.24, 2.45) is 0 Å². The van der Waals surface area contributed by atoms with Crippen molar-refractivity contribution in [3.63, 3.8) is 0 Å². The van der Waals surface area contributed by atoms with E-state index in [0.29, 0.717) is 6.54 Å². The van der Waals surface area contributed by atoms with Gasteiger partial charge in [0.2, 0.25) is 5.91 Å². The van der Waals surface area contributed by atoms with Crippen LogP contribution in [0.5, 0.6) is 0 Å². The second-order valence-corrected chi connectivity index (χ2v) is 7.88. The molecule has 0 aliphatic heterocycles. The topological polar surface area (TPSA) is 45.2 Å². The fraction of sp³-hybridized carbons (Fsp3) is 0.364. The van der Waals surface area contributed by atoms with E-state index < -0.39 is 0 Å². The molecule has 1 amide bonds. The SMILES string of the molecule is CCc1cccc(CC)c1NC(=O)CN(C)[C@@H](C)c1nc2ccccc2s1. The molecule has 0 saturated carbocycles. The maximum absolute atomic E-state index is 12.7. The summed E-state index contributed by atoms with van der Waals surface area (Å²) in [5.41, 5.74) is 4.37. The van der Waals surface area contributed by atoms with Gasteiger partial charge >= 0.3 is 0 Å². The number of aryl methyl sites for hydroxylation is 2. The van der Waals surface area contributed by atoms with Crippen LogP contribution < -0.4 is 5.32 Å². The van der Waals surface area contributed by atoms with Crippen molar-refractivity contribution in [2.75, 3.05) is 18.9 Å². The molecule has 3 aromatic rings. The molecule has 1 N–H and O–H groups in total. The number of aromatic nitrogens is 1. The first-order valence-corrected chi connectivity index (χ1v) is 10.3. The quantitative estimate of drug-likeness (QED) is 0.623. The second kappa shape index (κ2) is 8.63. The number of rotatable bonds is 7. The molecule has 1 aromatic heterocycles. The molecule has 0 aliphatic rings. The molecule has 5 heteroatoms. The van der Waals surface area contributed by atoms with Gasteiger partial charge in [0.15, 0.2) is 0 Å². The van der Waals surface area contributed by atoms with E-state index in [2.05, 4.69) is 50.4 Å². The highest BCUT2D eigenvalue weighted by Crippen LogP contribution is 2.29. The molecule has 4 nitrogen and oxygen atoms in total. The number of thiazole rings is 1. The van der Waals surface area contributed by atoms with Gasteiger partial charge in [0.1, 0.15) is 5.01 Å². The van der Waals surface area contributed by atoms with E-state index in [1.54, 1.807) is 11.3 Å². The third-order valence-corrected chi connectivity index (χ3v) is 6.19. The highest BCUT2D eigenvalue weighted by atomic mass is 32.1. The minimum atomic E-state index is 0.0149. The summed E-state index contributed by atoms with van der Waals surface area (Å²) in [7, 11) is 1.97. The van der Waals surface area contributed by atoms with E-state index in [0.717, 1.165) is 29.1 Å². The number of fused-ring (bicyclic) bond motifs is 1. The van der Waals surface area contributed by atoms with Gasteiger partial charge in [-0.2, -0.15) is 0 Å². The van der Waals surface area contributed by atoms with E-state index in [1.807, 2.05) is 30.1 Å². The van der Waals surface area contributed by atoms with Crippen molar-refractivity contribution < 1.29 is 4.79 Å². The van der Waals surface area contributed by atoms with Crippen LogP contribution in [-0.4, -0.2) is 29.4 Å². The first-order chi connectivity index (χ1) is 13.0. The fourth-order valence-corrected chi connectivity index (χ4v) is 4.29. The molecular weight excluding hydrogens is 354 g/mol. The smallest absolute Gasteiger partial charge is 0.238 e. The van der Waals surface area contributed by atoms with Gasteiger partial charge < -0.3 is 5.32 Å². The number of likely N-dealkylation sites (N-methyl/N-ethyl adjacent to an activating group) is 1. The lowest BCUT2D eigenvalue weighted by Crippen LogP contribution is -2.32. The Labute approximate surface area is 165 Å². The number of anilines is 1. The molecule has 0 radical (unpaired) electrons. The zero-order chi connectivity index (χ0) is 19.4. The van der Waals surface area contributed by atoms with E-state index >= 15 is 0 Å². The van der Waals surface area contributed by atoms with Crippen LogP contribution in [0, 0.1) is 0 Å². The van der Waals surface area contributed by atoms with E-state index in [1.165, 1.54) is 15.8 Å². The number of amides is 1. The summed E-state index contributed by atoms with van der Waals surface area (Å²) < 4.78 is 1.18. The number of benzene rings is 2.